The van der Waals surface area contributed by atoms with Crippen molar-refractivity contribution in [1.82, 2.24) is 10.6 Å². The average Bonchev–Trinajstić information content (AvgIpc) is 3.55. The van der Waals surface area contributed by atoms with Gasteiger partial charge in [-0.15, -0.1) is 0 Å². The number of amides is 2. The molecule has 0 bridgehead atoms. The Morgan fingerprint density at radius 2 is 1.58 bits per heavy atom. The van der Waals surface area contributed by atoms with Gasteiger partial charge >= 0.3 is 12.1 Å². The zero-order valence-corrected chi connectivity index (χ0v) is 18.4. The topological polar surface area (TPSA) is 125 Å². The summed E-state index contributed by atoms with van der Waals surface area (Å²) in [5.41, 5.74) is 4.40. The van der Waals surface area contributed by atoms with Crippen LogP contribution in [0.2, 0.25) is 0 Å². The number of carbonyl (C=O) groups excluding carboxylic acids is 2. The van der Waals surface area contributed by atoms with Crippen molar-refractivity contribution >= 4 is 18.0 Å². The average molecular weight is 453 g/mol. The summed E-state index contributed by atoms with van der Waals surface area (Å²) in [6.07, 6.45) is 0.287. The van der Waals surface area contributed by atoms with Gasteiger partial charge in [-0.25, -0.2) is 9.59 Å². The molecule has 33 heavy (non-hydrogen) atoms. The molecule has 8 heteroatoms. The Labute approximate surface area is 192 Å². The molecule has 0 saturated heterocycles. The van der Waals surface area contributed by atoms with Crippen LogP contribution in [0.3, 0.4) is 0 Å². The SMILES string of the molecule is CC(O)C(NC(=O)[C@H](CC1CC1)NC(=O)OCC1c2ccccc2-c2ccccc21)C(=O)O. The highest BCUT2D eigenvalue weighted by atomic mass is 16.5. The van der Waals surface area contributed by atoms with Crippen LogP contribution in [0.1, 0.15) is 43.2 Å². The first-order valence-corrected chi connectivity index (χ1v) is 11.2. The van der Waals surface area contributed by atoms with E-state index in [9.17, 15) is 24.6 Å². The van der Waals surface area contributed by atoms with E-state index in [2.05, 4.69) is 10.6 Å². The Bertz CT molecular complexity index is 1000. The fourth-order valence-electron chi connectivity index (χ4n) is 4.34. The van der Waals surface area contributed by atoms with Crippen LogP contribution in [0.15, 0.2) is 48.5 Å². The van der Waals surface area contributed by atoms with Crippen LogP contribution in [0, 0.1) is 5.92 Å². The van der Waals surface area contributed by atoms with Crippen molar-refractivity contribution in [3.05, 3.63) is 59.7 Å². The van der Waals surface area contributed by atoms with Crippen molar-refractivity contribution in [2.75, 3.05) is 6.61 Å². The molecule has 174 valence electrons. The number of carboxylic acids is 1. The van der Waals surface area contributed by atoms with Crippen molar-refractivity contribution < 1.29 is 29.3 Å². The van der Waals surface area contributed by atoms with E-state index in [0.717, 1.165) is 35.1 Å². The number of aliphatic hydroxyl groups is 1. The van der Waals surface area contributed by atoms with Gasteiger partial charge in [-0.3, -0.25) is 4.79 Å². The van der Waals surface area contributed by atoms with E-state index in [1.807, 2.05) is 48.5 Å². The quantitative estimate of drug-likeness (QED) is 0.464. The van der Waals surface area contributed by atoms with Gasteiger partial charge in [0.1, 0.15) is 12.6 Å². The number of alkyl carbamates (subject to hydrolysis) is 1. The minimum atomic E-state index is -1.46. The number of fused-ring (bicyclic) bond motifs is 3. The number of carbonyl (C=O) groups is 3. The van der Waals surface area contributed by atoms with Crippen molar-refractivity contribution in [3.8, 4) is 11.1 Å². The predicted octanol–water partition coefficient (Wildman–Crippen LogP) is 2.64. The van der Waals surface area contributed by atoms with Crippen LogP contribution >= 0.6 is 0 Å². The van der Waals surface area contributed by atoms with Gasteiger partial charge in [-0.05, 0) is 41.5 Å². The Balaban J connectivity index is 1.41. The molecule has 3 atom stereocenters. The molecule has 0 aromatic heterocycles. The first-order chi connectivity index (χ1) is 15.8. The lowest BCUT2D eigenvalue weighted by Gasteiger charge is -2.23. The third-order valence-electron chi connectivity index (χ3n) is 6.26. The molecule has 4 N–H and O–H groups in total. The third-order valence-corrected chi connectivity index (χ3v) is 6.26. The standard InChI is InChI=1S/C25H28N2O6/c1-14(28)22(24(30)31)27-23(29)21(12-15-10-11-15)26-25(32)33-13-20-18-8-4-2-6-16(18)17-7-3-5-9-19(17)20/h2-9,14-15,20-22,28H,10-13H2,1H3,(H,26,32)(H,27,29)(H,30,31)/t14?,21-,22?/m0/s1. The Morgan fingerprint density at radius 1 is 1.00 bits per heavy atom. The number of benzene rings is 2. The predicted molar refractivity (Wildman–Crippen MR) is 121 cm³/mol. The van der Waals surface area contributed by atoms with E-state index in [0.29, 0.717) is 12.3 Å². The van der Waals surface area contributed by atoms with Crippen LogP contribution in [0.25, 0.3) is 11.1 Å². The van der Waals surface area contributed by atoms with Crippen LogP contribution in [0.4, 0.5) is 4.79 Å². The summed E-state index contributed by atoms with van der Waals surface area (Å²) in [6.45, 7) is 1.40. The maximum Gasteiger partial charge on any atom is 0.407 e. The van der Waals surface area contributed by atoms with Gasteiger partial charge in [-0.1, -0.05) is 61.4 Å². The molecule has 2 aliphatic rings. The summed E-state index contributed by atoms with van der Waals surface area (Å²) in [6, 6.07) is 13.6. The molecule has 2 amide bonds. The Morgan fingerprint density at radius 3 is 2.09 bits per heavy atom. The first-order valence-electron chi connectivity index (χ1n) is 11.2. The van der Waals surface area contributed by atoms with Gasteiger partial charge in [-0.2, -0.15) is 0 Å². The molecule has 0 radical (unpaired) electrons. The van der Waals surface area contributed by atoms with Crippen molar-refractivity contribution in [2.24, 2.45) is 5.92 Å². The number of aliphatic hydroxyl groups excluding tert-OH is 1. The highest BCUT2D eigenvalue weighted by Gasteiger charge is 2.35. The lowest BCUT2D eigenvalue weighted by atomic mass is 9.98. The van der Waals surface area contributed by atoms with E-state index >= 15 is 0 Å². The Kier molecular flexibility index (Phi) is 6.65. The Hall–Kier alpha value is -3.39. The zero-order valence-electron chi connectivity index (χ0n) is 18.4. The van der Waals surface area contributed by atoms with E-state index < -0.39 is 36.2 Å². The minimum Gasteiger partial charge on any atom is -0.480 e. The van der Waals surface area contributed by atoms with Crippen molar-refractivity contribution in [2.45, 2.75) is 50.3 Å². The van der Waals surface area contributed by atoms with Crippen LogP contribution in [-0.4, -0.2) is 53.0 Å². The summed E-state index contributed by atoms with van der Waals surface area (Å²) in [5, 5.41) is 23.8. The molecule has 2 aliphatic carbocycles. The molecule has 1 saturated carbocycles. The van der Waals surface area contributed by atoms with Crippen LogP contribution in [0.5, 0.6) is 0 Å². The molecule has 1 fully saturated rings. The van der Waals surface area contributed by atoms with E-state index in [-0.39, 0.29) is 12.5 Å². The normalized spacial score (nSPS) is 17.3. The van der Waals surface area contributed by atoms with Crippen molar-refractivity contribution in [1.29, 1.82) is 0 Å². The summed E-state index contributed by atoms with van der Waals surface area (Å²) < 4.78 is 5.53. The molecular formula is C25H28N2O6. The smallest absolute Gasteiger partial charge is 0.407 e. The summed E-state index contributed by atoms with van der Waals surface area (Å²) in [4.78, 5) is 36.6. The molecule has 8 nitrogen and oxygen atoms in total. The number of rotatable bonds is 9. The molecule has 2 aromatic rings. The number of nitrogens with one attached hydrogen (secondary N) is 2. The molecule has 2 aromatic carbocycles. The minimum absolute atomic E-state index is 0.106. The van der Waals surface area contributed by atoms with Gasteiger partial charge in [0.05, 0.1) is 6.10 Å². The maximum atomic E-state index is 12.7. The lowest BCUT2D eigenvalue weighted by Crippen LogP contribution is -2.55. The molecular weight excluding hydrogens is 424 g/mol. The number of hydrogen-bond acceptors (Lipinski definition) is 5. The van der Waals surface area contributed by atoms with Crippen LogP contribution < -0.4 is 10.6 Å². The van der Waals surface area contributed by atoms with Gasteiger partial charge in [0.15, 0.2) is 6.04 Å². The van der Waals surface area contributed by atoms with E-state index in [1.54, 1.807) is 0 Å². The third kappa shape index (κ3) is 5.17. The van der Waals surface area contributed by atoms with Gasteiger partial charge in [0, 0.05) is 5.92 Å². The van der Waals surface area contributed by atoms with E-state index in [4.69, 9.17) is 4.74 Å². The molecule has 2 unspecified atom stereocenters. The van der Waals surface area contributed by atoms with E-state index in [1.165, 1.54) is 6.92 Å². The fraction of sp³-hybridized carbons (Fsp3) is 0.400. The molecule has 0 heterocycles. The monoisotopic (exact) mass is 452 g/mol. The van der Waals surface area contributed by atoms with Crippen LogP contribution in [-0.2, 0) is 14.3 Å². The maximum absolute atomic E-state index is 12.7. The highest BCUT2D eigenvalue weighted by Crippen LogP contribution is 2.44. The first kappa shape index (κ1) is 22.8. The van der Waals surface area contributed by atoms with Gasteiger partial charge in [0.2, 0.25) is 5.91 Å². The largest absolute Gasteiger partial charge is 0.480 e. The highest BCUT2D eigenvalue weighted by molar-refractivity contribution is 5.89. The summed E-state index contributed by atoms with van der Waals surface area (Å²) in [7, 11) is 0. The number of aliphatic carboxylic acids is 1. The number of hydrogen-bond donors (Lipinski definition) is 4. The molecule has 4 rings (SSSR count). The second-order valence-electron chi connectivity index (χ2n) is 8.77. The number of carboxylic acid groups (broad SMARTS) is 1. The number of ether oxygens (including phenoxy) is 1. The second-order valence-corrected chi connectivity index (χ2v) is 8.77. The zero-order chi connectivity index (χ0) is 23.5. The van der Waals surface area contributed by atoms with Gasteiger partial charge in [0.25, 0.3) is 0 Å². The summed E-state index contributed by atoms with van der Waals surface area (Å²) >= 11 is 0. The fourth-order valence-corrected chi connectivity index (χ4v) is 4.34. The lowest BCUT2D eigenvalue weighted by molar-refractivity contribution is -0.145. The molecule has 0 aliphatic heterocycles. The van der Waals surface area contributed by atoms with Crippen molar-refractivity contribution in [3.63, 3.8) is 0 Å². The van der Waals surface area contributed by atoms with Gasteiger partial charge < -0.3 is 25.6 Å². The summed E-state index contributed by atoms with van der Waals surface area (Å²) in [5.74, 6) is -1.80. The second kappa shape index (κ2) is 9.62. The molecule has 0 spiro atoms.